The summed E-state index contributed by atoms with van der Waals surface area (Å²) in [5.74, 6) is 1.41. The van der Waals surface area contributed by atoms with Gasteiger partial charge in [-0.2, -0.15) is 0 Å². The molecule has 4 rings (SSSR count). The van der Waals surface area contributed by atoms with Crippen molar-refractivity contribution < 1.29 is 14.3 Å². The van der Waals surface area contributed by atoms with Gasteiger partial charge < -0.3 is 24.7 Å². The van der Waals surface area contributed by atoms with E-state index < -0.39 is 0 Å². The normalized spacial score (nSPS) is 14.3. The third-order valence-electron chi connectivity index (χ3n) is 5.97. The van der Waals surface area contributed by atoms with E-state index in [4.69, 9.17) is 9.47 Å². The first-order chi connectivity index (χ1) is 16.1. The Bertz CT molecular complexity index is 1120. The van der Waals surface area contributed by atoms with Crippen LogP contribution in [0.4, 0.5) is 17.3 Å². The van der Waals surface area contributed by atoms with Crippen LogP contribution in [0.3, 0.4) is 0 Å². The molecule has 1 saturated heterocycles. The van der Waals surface area contributed by atoms with Gasteiger partial charge in [0.05, 0.1) is 19.6 Å². The highest BCUT2D eigenvalue weighted by Gasteiger charge is 2.28. The Labute approximate surface area is 191 Å². The monoisotopic (exact) mass is 452 g/mol. The molecule has 0 aliphatic carbocycles. The number of hydrogen-bond donors (Lipinski definition) is 2. The number of nitroso groups, excluding NO2 is 1. The summed E-state index contributed by atoms with van der Waals surface area (Å²) in [4.78, 5) is 37.5. The SMILES string of the molecule is CCOC(=O)C1CCN(c2ncnc(NCCc3c[nH]c4ccc(OC)cc34)c2N=O)CC1. The molecule has 10 heteroatoms. The van der Waals surface area contributed by atoms with E-state index in [1.807, 2.05) is 29.3 Å². The van der Waals surface area contributed by atoms with Gasteiger partial charge in [0.25, 0.3) is 0 Å². The number of piperidine rings is 1. The molecule has 0 radical (unpaired) electrons. The van der Waals surface area contributed by atoms with E-state index >= 15 is 0 Å². The molecule has 174 valence electrons. The number of rotatable bonds is 9. The molecule has 3 aromatic rings. The van der Waals surface area contributed by atoms with Crippen LogP contribution in [0, 0.1) is 10.8 Å². The van der Waals surface area contributed by atoms with Gasteiger partial charge in [-0.15, -0.1) is 4.91 Å². The summed E-state index contributed by atoms with van der Waals surface area (Å²) in [5, 5.41) is 7.55. The van der Waals surface area contributed by atoms with Crippen molar-refractivity contribution in [1.82, 2.24) is 15.0 Å². The molecule has 0 spiro atoms. The molecule has 2 N–H and O–H groups in total. The predicted molar refractivity (Wildman–Crippen MR) is 126 cm³/mol. The largest absolute Gasteiger partial charge is 0.497 e. The number of benzene rings is 1. The molecule has 10 nitrogen and oxygen atoms in total. The van der Waals surface area contributed by atoms with Gasteiger partial charge >= 0.3 is 5.97 Å². The molecular weight excluding hydrogens is 424 g/mol. The van der Waals surface area contributed by atoms with Gasteiger partial charge in [0.15, 0.2) is 17.3 Å². The Morgan fingerprint density at radius 1 is 1.30 bits per heavy atom. The van der Waals surface area contributed by atoms with Crippen molar-refractivity contribution in [3.63, 3.8) is 0 Å². The summed E-state index contributed by atoms with van der Waals surface area (Å²) in [6.45, 7) is 3.94. The summed E-state index contributed by atoms with van der Waals surface area (Å²) in [7, 11) is 1.65. The summed E-state index contributed by atoms with van der Waals surface area (Å²) in [5.41, 5.74) is 2.36. The van der Waals surface area contributed by atoms with Gasteiger partial charge in [-0.25, -0.2) is 9.97 Å². The van der Waals surface area contributed by atoms with E-state index in [0.29, 0.717) is 50.7 Å². The summed E-state index contributed by atoms with van der Waals surface area (Å²) in [6, 6.07) is 5.91. The molecule has 0 unspecified atom stereocenters. The second-order valence-corrected chi connectivity index (χ2v) is 7.90. The maximum atomic E-state index is 12.0. The van der Waals surface area contributed by atoms with Crippen molar-refractivity contribution in [3.05, 3.63) is 41.2 Å². The first-order valence-corrected chi connectivity index (χ1v) is 11.1. The number of aromatic amines is 1. The number of hydrogen-bond acceptors (Lipinski definition) is 9. The number of H-pyrrole nitrogens is 1. The van der Waals surface area contributed by atoms with Crippen LogP contribution in [0.25, 0.3) is 10.9 Å². The summed E-state index contributed by atoms with van der Waals surface area (Å²) < 4.78 is 10.5. The number of carbonyl (C=O) groups excluding carboxylic acids is 1. The summed E-state index contributed by atoms with van der Waals surface area (Å²) in [6.07, 6.45) is 5.42. The second kappa shape index (κ2) is 10.3. The van der Waals surface area contributed by atoms with Gasteiger partial charge in [-0.3, -0.25) is 4.79 Å². The van der Waals surface area contributed by atoms with Crippen molar-refractivity contribution in [3.8, 4) is 5.75 Å². The Balaban J connectivity index is 1.42. The fourth-order valence-electron chi connectivity index (χ4n) is 4.21. The molecule has 1 fully saturated rings. The average molecular weight is 453 g/mol. The first-order valence-electron chi connectivity index (χ1n) is 11.1. The maximum Gasteiger partial charge on any atom is 0.309 e. The van der Waals surface area contributed by atoms with Gasteiger partial charge in [-0.1, -0.05) is 0 Å². The van der Waals surface area contributed by atoms with Crippen molar-refractivity contribution in [1.29, 1.82) is 0 Å². The number of nitrogens with one attached hydrogen (secondary N) is 2. The smallest absolute Gasteiger partial charge is 0.309 e. The highest BCUT2D eigenvalue weighted by molar-refractivity contribution is 5.84. The topological polar surface area (TPSA) is 122 Å². The molecule has 1 aromatic carbocycles. The molecule has 2 aromatic heterocycles. The minimum Gasteiger partial charge on any atom is -0.497 e. The molecule has 3 heterocycles. The Morgan fingerprint density at radius 3 is 2.85 bits per heavy atom. The number of aromatic nitrogens is 3. The number of nitrogens with zero attached hydrogens (tertiary/aromatic N) is 4. The summed E-state index contributed by atoms with van der Waals surface area (Å²) >= 11 is 0. The molecule has 0 saturated carbocycles. The minimum atomic E-state index is -0.161. The fraction of sp³-hybridized carbons (Fsp3) is 0.435. The third-order valence-corrected chi connectivity index (χ3v) is 5.97. The number of esters is 1. The minimum absolute atomic E-state index is 0.122. The highest BCUT2D eigenvalue weighted by atomic mass is 16.5. The van der Waals surface area contributed by atoms with Crippen LogP contribution in [0.15, 0.2) is 35.9 Å². The lowest BCUT2D eigenvalue weighted by molar-refractivity contribution is -0.148. The highest BCUT2D eigenvalue weighted by Crippen LogP contribution is 2.34. The van der Waals surface area contributed by atoms with E-state index in [0.717, 1.165) is 28.6 Å². The number of carbonyl (C=O) groups is 1. The van der Waals surface area contributed by atoms with Gasteiger partial charge in [0.1, 0.15) is 12.1 Å². The average Bonchev–Trinajstić information content (AvgIpc) is 3.26. The van der Waals surface area contributed by atoms with Gasteiger partial charge in [0, 0.05) is 36.7 Å². The Kier molecular flexibility index (Phi) is 7.01. The number of methoxy groups -OCH3 is 1. The van der Waals surface area contributed by atoms with Crippen LogP contribution >= 0.6 is 0 Å². The van der Waals surface area contributed by atoms with Crippen molar-refractivity contribution in [2.75, 3.05) is 43.6 Å². The van der Waals surface area contributed by atoms with Gasteiger partial charge in [-0.05, 0) is 55.1 Å². The Morgan fingerprint density at radius 2 is 2.12 bits per heavy atom. The molecule has 0 atom stereocenters. The standard InChI is InChI=1S/C23H28N6O4/c1-3-33-23(30)15-7-10-29(11-8-15)22-20(28-31)21(26-14-27-22)24-9-6-16-13-25-19-5-4-17(32-2)12-18(16)19/h4-5,12-15,25H,3,6-11H2,1-2H3,(H,24,26,27). The number of fused-ring (bicyclic) bond motifs is 1. The van der Waals surface area contributed by atoms with Crippen LogP contribution in [0.1, 0.15) is 25.3 Å². The third kappa shape index (κ3) is 4.89. The van der Waals surface area contributed by atoms with Gasteiger partial charge in [0.2, 0.25) is 0 Å². The molecule has 33 heavy (non-hydrogen) atoms. The molecule has 1 aliphatic heterocycles. The Hall–Kier alpha value is -3.69. The van der Waals surface area contributed by atoms with Crippen molar-refractivity contribution in [2.24, 2.45) is 11.1 Å². The van der Waals surface area contributed by atoms with Crippen LogP contribution in [-0.2, 0) is 16.0 Å². The lowest BCUT2D eigenvalue weighted by Crippen LogP contribution is -2.37. The van der Waals surface area contributed by atoms with Crippen molar-refractivity contribution >= 4 is 34.2 Å². The zero-order valence-electron chi connectivity index (χ0n) is 18.8. The maximum absolute atomic E-state index is 12.0. The quantitative estimate of drug-likeness (QED) is 0.371. The van der Waals surface area contributed by atoms with Crippen LogP contribution in [0.5, 0.6) is 5.75 Å². The van der Waals surface area contributed by atoms with E-state index in [1.165, 1.54) is 6.33 Å². The van der Waals surface area contributed by atoms with Crippen LogP contribution in [0.2, 0.25) is 0 Å². The van der Waals surface area contributed by atoms with E-state index in [1.54, 1.807) is 14.0 Å². The molecule has 0 amide bonds. The van der Waals surface area contributed by atoms with Crippen LogP contribution in [-0.4, -0.2) is 54.3 Å². The zero-order chi connectivity index (χ0) is 23.2. The van der Waals surface area contributed by atoms with E-state index in [-0.39, 0.29) is 17.6 Å². The zero-order valence-corrected chi connectivity index (χ0v) is 18.8. The lowest BCUT2D eigenvalue weighted by atomic mass is 9.97. The lowest BCUT2D eigenvalue weighted by Gasteiger charge is -2.32. The van der Waals surface area contributed by atoms with Crippen LogP contribution < -0.4 is 15.0 Å². The predicted octanol–water partition coefficient (Wildman–Crippen LogP) is 3.80. The molecule has 1 aliphatic rings. The fourth-order valence-corrected chi connectivity index (χ4v) is 4.21. The van der Waals surface area contributed by atoms with E-state index in [9.17, 15) is 9.70 Å². The number of anilines is 2. The number of ether oxygens (including phenoxy) is 2. The molecule has 0 bridgehead atoms. The van der Waals surface area contributed by atoms with E-state index in [2.05, 4.69) is 25.4 Å². The van der Waals surface area contributed by atoms with Crippen molar-refractivity contribution in [2.45, 2.75) is 26.2 Å². The first kappa shape index (κ1) is 22.5. The molecular formula is C23H28N6O4. The second-order valence-electron chi connectivity index (χ2n) is 7.90.